The molecular formula is C15H14OS. The molecule has 0 N–H and O–H groups in total. The largest absolute Gasteiger partial charge is 0.303 e. The maximum atomic E-state index is 11.1. The van der Waals surface area contributed by atoms with Crippen LogP contribution in [0.25, 0.3) is 4.91 Å². The van der Waals surface area contributed by atoms with Gasteiger partial charge in [-0.05, 0) is 33.3 Å². The maximum absolute atomic E-state index is 11.1. The molecule has 0 fully saturated rings. The fraction of sp³-hybridized carbons (Fsp3) is 0.133. The van der Waals surface area contributed by atoms with E-state index >= 15 is 0 Å². The number of thiol groups is 1. The van der Waals surface area contributed by atoms with Crippen molar-refractivity contribution in [3.63, 3.8) is 0 Å². The average molecular weight is 242 g/mol. The molecule has 1 aliphatic heterocycles. The molecule has 1 unspecified atom stereocenters. The molecule has 1 aromatic carbocycles. The van der Waals surface area contributed by atoms with Gasteiger partial charge in [-0.25, -0.2) is 0 Å². The number of fused-ring (bicyclic) bond motifs is 1. The van der Waals surface area contributed by atoms with E-state index in [-0.39, 0.29) is 16.8 Å². The summed E-state index contributed by atoms with van der Waals surface area (Å²) in [5.74, 6) is 0.0421. The number of rotatable bonds is 2. The van der Waals surface area contributed by atoms with E-state index < -0.39 is 0 Å². The SMILES string of the molecule is O=CC1CC=C([SH]2C=CC=C2)c2ccccc21. The van der Waals surface area contributed by atoms with Crippen LogP contribution in [0.2, 0.25) is 0 Å². The van der Waals surface area contributed by atoms with Crippen molar-refractivity contribution >= 4 is 22.1 Å². The topological polar surface area (TPSA) is 17.1 Å². The highest BCUT2D eigenvalue weighted by atomic mass is 32.2. The zero-order valence-corrected chi connectivity index (χ0v) is 10.3. The first kappa shape index (κ1) is 10.6. The molecule has 1 aliphatic carbocycles. The number of carbonyl (C=O) groups excluding carboxylic acids is 1. The van der Waals surface area contributed by atoms with Gasteiger partial charge in [-0.15, -0.1) is 0 Å². The van der Waals surface area contributed by atoms with E-state index in [1.165, 1.54) is 16.0 Å². The number of benzene rings is 1. The molecule has 1 heterocycles. The van der Waals surface area contributed by atoms with Crippen LogP contribution in [0.1, 0.15) is 23.5 Å². The molecule has 86 valence electrons. The third kappa shape index (κ3) is 1.79. The van der Waals surface area contributed by atoms with Crippen LogP contribution in [0.5, 0.6) is 0 Å². The van der Waals surface area contributed by atoms with Crippen molar-refractivity contribution in [2.75, 3.05) is 0 Å². The normalized spacial score (nSPS) is 23.4. The first-order chi connectivity index (χ1) is 8.40. The van der Waals surface area contributed by atoms with E-state index in [4.69, 9.17) is 0 Å². The van der Waals surface area contributed by atoms with E-state index in [1.807, 2.05) is 6.07 Å². The Labute approximate surface area is 104 Å². The molecule has 0 radical (unpaired) electrons. The van der Waals surface area contributed by atoms with Crippen molar-refractivity contribution < 1.29 is 4.79 Å². The summed E-state index contributed by atoms with van der Waals surface area (Å²) >= 11 is 0. The van der Waals surface area contributed by atoms with Gasteiger partial charge >= 0.3 is 0 Å². The van der Waals surface area contributed by atoms with Crippen molar-refractivity contribution in [3.8, 4) is 0 Å². The minimum atomic E-state index is -0.290. The van der Waals surface area contributed by atoms with Gasteiger partial charge in [-0.1, -0.05) is 42.5 Å². The summed E-state index contributed by atoms with van der Waals surface area (Å²) < 4.78 is 0. The molecule has 1 atom stereocenters. The van der Waals surface area contributed by atoms with Gasteiger partial charge in [-0.3, -0.25) is 0 Å². The van der Waals surface area contributed by atoms with Gasteiger partial charge in [-0.2, -0.15) is 10.9 Å². The van der Waals surface area contributed by atoms with Crippen molar-refractivity contribution in [2.24, 2.45) is 0 Å². The van der Waals surface area contributed by atoms with E-state index in [9.17, 15) is 4.79 Å². The Morgan fingerprint density at radius 3 is 2.71 bits per heavy atom. The summed E-state index contributed by atoms with van der Waals surface area (Å²) in [5, 5.41) is 4.53. The molecule has 0 amide bonds. The van der Waals surface area contributed by atoms with E-state index in [1.54, 1.807) is 0 Å². The van der Waals surface area contributed by atoms with Crippen LogP contribution >= 0.6 is 10.9 Å². The fourth-order valence-corrected chi connectivity index (χ4v) is 4.19. The maximum Gasteiger partial charge on any atom is 0.127 e. The quantitative estimate of drug-likeness (QED) is 0.617. The Morgan fingerprint density at radius 2 is 1.94 bits per heavy atom. The van der Waals surface area contributed by atoms with Crippen LogP contribution in [0.15, 0.2) is 53.3 Å². The first-order valence-corrected chi connectivity index (χ1v) is 7.26. The smallest absolute Gasteiger partial charge is 0.127 e. The van der Waals surface area contributed by atoms with Gasteiger partial charge in [0.25, 0.3) is 0 Å². The van der Waals surface area contributed by atoms with Gasteiger partial charge < -0.3 is 4.79 Å². The second-order valence-electron chi connectivity index (χ2n) is 4.25. The van der Waals surface area contributed by atoms with Crippen LogP contribution in [0.3, 0.4) is 0 Å². The zero-order valence-electron chi connectivity index (χ0n) is 9.41. The lowest BCUT2D eigenvalue weighted by atomic mass is 9.88. The molecular weight excluding hydrogens is 228 g/mol. The lowest BCUT2D eigenvalue weighted by Gasteiger charge is -2.25. The molecule has 2 heteroatoms. The number of hydrogen-bond acceptors (Lipinski definition) is 1. The number of aldehydes is 1. The summed E-state index contributed by atoms with van der Waals surface area (Å²) in [6.45, 7) is 0. The van der Waals surface area contributed by atoms with E-state index in [2.05, 4.69) is 47.2 Å². The lowest BCUT2D eigenvalue weighted by Crippen LogP contribution is -2.07. The standard InChI is InChI=1S/C15H14OS/c16-11-12-7-8-15(17-9-3-4-10-17)14-6-2-1-5-13(12)14/h1-6,8-12,17H,7H2. The van der Waals surface area contributed by atoms with Crippen LogP contribution in [-0.2, 0) is 4.79 Å². The van der Waals surface area contributed by atoms with E-state index in [0.29, 0.717) is 0 Å². The minimum Gasteiger partial charge on any atom is -0.303 e. The van der Waals surface area contributed by atoms with Crippen LogP contribution in [0, 0.1) is 0 Å². The first-order valence-electron chi connectivity index (χ1n) is 5.78. The Morgan fingerprint density at radius 1 is 1.18 bits per heavy atom. The number of carbonyl (C=O) groups is 1. The molecule has 0 aromatic heterocycles. The molecule has 1 nitrogen and oxygen atoms in total. The van der Waals surface area contributed by atoms with Crippen molar-refractivity contribution in [2.45, 2.75) is 12.3 Å². The Balaban J connectivity index is 2.08. The average Bonchev–Trinajstić information content (AvgIpc) is 2.91. The van der Waals surface area contributed by atoms with Gasteiger partial charge in [0.15, 0.2) is 0 Å². The molecule has 0 bridgehead atoms. The van der Waals surface area contributed by atoms with Gasteiger partial charge in [0.1, 0.15) is 6.29 Å². The molecule has 1 aromatic rings. The van der Waals surface area contributed by atoms with Crippen LogP contribution in [-0.4, -0.2) is 6.29 Å². The second-order valence-corrected chi connectivity index (χ2v) is 6.14. The Bertz CT molecular complexity index is 528. The van der Waals surface area contributed by atoms with E-state index in [0.717, 1.165) is 12.7 Å². The summed E-state index contributed by atoms with van der Waals surface area (Å²) in [5.41, 5.74) is 2.45. The fourth-order valence-electron chi connectivity index (χ4n) is 2.40. The third-order valence-corrected chi connectivity index (χ3v) is 5.21. The van der Waals surface area contributed by atoms with Crippen molar-refractivity contribution in [1.82, 2.24) is 0 Å². The van der Waals surface area contributed by atoms with Crippen LogP contribution in [0.4, 0.5) is 0 Å². The summed E-state index contributed by atoms with van der Waals surface area (Å²) in [7, 11) is -0.290. The Kier molecular flexibility index (Phi) is 2.73. The number of hydrogen-bond donors (Lipinski definition) is 1. The molecule has 0 saturated heterocycles. The highest BCUT2D eigenvalue weighted by Gasteiger charge is 2.22. The van der Waals surface area contributed by atoms with Gasteiger partial charge in [0, 0.05) is 5.92 Å². The molecule has 0 saturated carbocycles. The van der Waals surface area contributed by atoms with Crippen molar-refractivity contribution in [1.29, 1.82) is 0 Å². The third-order valence-electron chi connectivity index (χ3n) is 3.25. The lowest BCUT2D eigenvalue weighted by molar-refractivity contribution is -0.109. The highest BCUT2D eigenvalue weighted by molar-refractivity contribution is 8.30. The summed E-state index contributed by atoms with van der Waals surface area (Å²) in [6.07, 6.45) is 8.38. The zero-order chi connectivity index (χ0) is 11.7. The molecule has 17 heavy (non-hydrogen) atoms. The summed E-state index contributed by atoms with van der Waals surface area (Å²) in [4.78, 5) is 12.5. The Hall–Kier alpha value is -1.54. The molecule has 0 spiro atoms. The monoisotopic (exact) mass is 242 g/mol. The van der Waals surface area contributed by atoms with Gasteiger partial charge in [0.05, 0.1) is 0 Å². The molecule has 3 rings (SSSR count). The van der Waals surface area contributed by atoms with Crippen molar-refractivity contribution in [3.05, 3.63) is 64.4 Å². The molecule has 2 aliphatic rings. The summed E-state index contributed by atoms with van der Waals surface area (Å²) in [6, 6.07) is 8.30. The predicted molar refractivity (Wildman–Crippen MR) is 75.1 cm³/mol. The van der Waals surface area contributed by atoms with Crippen LogP contribution < -0.4 is 0 Å². The second kappa shape index (κ2) is 4.38. The number of allylic oxidation sites excluding steroid dienone is 3. The predicted octanol–water partition coefficient (Wildman–Crippen LogP) is 3.76. The minimum absolute atomic E-state index is 0.0421. The van der Waals surface area contributed by atoms with Gasteiger partial charge in [0.2, 0.25) is 0 Å². The highest BCUT2D eigenvalue weighted by Crippen LogP contribution is 2.51.